The molecule has 1 N–H and O–H groups in total. The first-order valence-corrected chi connectivity index (χ1v) is 8.22. The van der Waals surface area contributed by atoms with Crippen molar-refractivity contribution < 1.29 is 9.53 Å². The van der Waals surface area contributed by atoms with E-state index >= 15 is 0 Å². The Morgan fingerprint density at radius 3 is 3.00 bits per heavy atom. The number of halogens is 1. The number of ether oxygens (including phenoxy) is 1. The number of nitrogens with one attached hydrogen (secondary N) is 1. The Bertz CT molecular complexity index is 702. The number of amides is 1. The van der Waals surface area contributed by atoms with Crippen LogP contribution in [-0.4, -0.2) is 44.4 Å². The number of carbonyl (C=O) groups excluding carboxylic acids is 1. The molecule has 0 spiro atoms. The first kappa shape index (κ1) is 16.1. The van der Waals surface area contributed by atoms with Crippen LogP contribution in [0.1, 0.15) is 37.0 Å². The maximum atomic E-state index is 12.7. The summed E-state index contributed by atoms with van der Waals surface area (Å²) in [5.74, 6) is -0.139. The lowest BCUT2D eigenvalue weighted by molar-refractivity contribution is -0.0615. The number of hydrogen-bond donors (Lipinski definition) is 1. The fourth-order valence-corrected chi connectivity index (χ4v) is 3.14. The van der Waals surface area contributed by atoms with Gasteiger partial charge in [0.1, 0.15) is 6.33 Å². The zero-order valence-corrected chi connectivity index (χ0v) is 14.6. The highest BCUT2D eigenvalue weighted by Crippen LogP contribution is 2.25. The normalized spacial score (nSPS) is 20.2. The molecule has 7 nitrogen and oxygen atoms in total. The third-order valence-corrected chi connectivity index (χ3v) is 4.32. The van der Waals surface area contributed by atoms with E-state index in [0.29, 0.717) is 17.9 Å². The van der Waals surface area contributed by atoms with E-state index in [1.807, 2.05) is 26.0 Å². The molecule has 0 aliphatic carbocycles. The van der Waals surface area contributed by atoms with Crippen LogP contribution in [0.2, 0.25) is 0 Å². The van der Waals surface area contributed by atoms with Crippen LogP contribution in [0.25, 0.3) is 5.69 Å². The Hall–Kier alpha value is -1.80. The van der Waals surface area contributed by atoms with Crippen molar-refractivity contribution in [3.05, 3.63) is 34.6 Å². The monoisotopic (exact) mass is 379 g/mol. The Morgan fingerprint density at radius 1 is 1.48 bits per heavy atom. The number of nitrogens with zero attached hydrogens (tertiary/aromatic N) is 4. The van der Waals surface area contributed by atoms with Gasteiger partial charge in [-0.15, -0.1) is 5.10 Å². The fraction of sp³-hybridized carbons (Fsp3) is 0.467. The zero-order valence-electron chi connectivity index (χ0n) is 13.0. The van der Waals surface area contributed by atoms with Gasteiger partial charge in [0.15, 0.2) is 0 Å². The molecule has 8 heteroatoms. The smallest absolute Gasteiger partial charge is 0.253 e. The third-order valence-electron chi connectivity index (χ3n) is 3.83. The van der Waals surface area contributed by atoms with Crippen molar-refractivity contribution in [1.82, 2.24) is 25.5 Å². The molecule has 122 valence electrons. The summed E-state index contributed by atoms with van der Waals surface area (Å²) in [7, 11) is 0. The number of hydrogen-bond acceptors (Lipinski definition) is 5. The van der Waals surface area contributed by atoms with E-state index in [1.54, 1.807) is 6.07 Å². The number of tetrazole rings is 1. The summed E-state index contributed by atoms with van der Waals surface area (Å²) in [6.45, 7) is 4.73. The predicted octanol–water partition coefficient (Wildman–Crippen LogP) is 2.11. The summed E-state index contributed by atoms with van der Waals surface area (Å²) in [5.41, 5.74) is 0.949. The quantitative estimate of drug-likeness (QED) is 0.882. The Morgan fingerprint density at radius 2 is 2.30 bits per heavy atom. The van der Waals surface area contributed by atoms with Gasteiger partial charge in [-0.1, -0.05) is 15.9 Å². The van der Waals surface area contributed by atoms with E-state index < -0.39 is 0 Å². The van der Waals surface area contributed by atoms with Crippen molar-refractivity contribution in [2.24, 2.45) is 0 Å². The molecule has 1 aromatic carbocycles. The molecular formula is C15H18BrN5O2. The maximum Gasteiger partial charge on any atom is 0.253 e. The second kappa shape index (κ2) is 6.37. The second-order valence-corrected chi connectivity index (χ2v) is 7.10. The minimum atomic E-state index is -0.216. The van der Waals surface area contributed by atoms with Gasteiger partial charge in [0.25, 0.3) is 5.91 Å². The Kier molecular flexibility index (Phi) is 4.45. The van der Waals surface area contributed by atoms with E-state index in [-0.39, 0.29) is 17.6 Å². The molecule has 0 saturated carbocycles. The summed E-state index contributed by atoms with van der Waals surface area (Å²) in [6.07, 6.45) is 3.06. The fourth-order valence-electron chi connectivity index (χ4n) is 2.78. The molecular weight excluding hydrogens is 362 g/mol. The van der Waals surface area contributed by atoms with Crippen molar-refractivity contribution in [2.75, 3.05) is 6.61 Å². The molecule has 1 aromatic heterocycles. The van der Waals surface area contributed by atoms with E-state index in [4.69, 9.17) is 4.74 Å². The van der Waals surface area contributed by atoms with E-state index in [9.17, 15) is 4.79 Å². The minimum absolute atomic E-state index is 0.0898. The first-order chi connectivity index (χ1) is 10.9. The molecule has 2 heterocycles. The summed E-state index contributed by atoms with van der Waals surface area (Å²) < 4.78 is 8.00. The van der Waals surface area contributed by atoms with Gasteiger partial charge in [0, 0.05) is 17.1 Å². The van der Waals surface area contributed by atoms with Crippen LogP contribution in [0.4, 0.5) is 0 Å². The Labute approximate surface area is 142 Å². The standard InChI is InChI=1S/C15H18BrN5O2/c1-15(2)8-11(5-6-23-15)18-14(22)12-7-10(16)3-4-13(12)21-9-17-19-20-21/h3-4,7,9,11H,5-6,8H2,1-2H3,(H,18,22)/t11-/m1/s1. The molecule has 0 unspecified atom stereocenters. The van der Waals surface area contributed by atoms with Crippen molar-refractivity contribution in [3.63, 3.8) is 0 Å². The van der Waals surface area contributed by atoms with Crippen LogP contribution in [0.5, 0.6) is 0 Å². The summed E-state index contributed by atoms with van der Waals surface area (Å²) in [4.78, 5) is 12.7. The van der Waals surface area contributed by atoms with Gasteiger partial charge in [-0.25, -0.2) is 0 Å². The predicted molar refractivity (Wildman–Crippen MR) is 87.4 cm³/mol. The molecule has 1 saturated heterocycles. The average Bonchev–Trinajstić information content (AvgIpc) is 3.00. The zero-order chi connectivity index (χ0) is 16.4. The third kappa shape index (κ3) is 3.76. The van der Waals surface area contributed by atoms with E-state index in [1.165, 1.54) is 11.0 Å². The van der Waals surface area contributed by atoms with Gasteiger partial charge in [0.2, 0.25) is 0 Å². The van der Waals surface area contributed by atoms with Crippen LogP contribution in [0.3, 0.4) is 0 Å². The number of carbonyl (C=O) groups is 1. The van der Waals surface area contributed by atoms with Crippen molar-refractivity contribution in [2.45, 2.75) is 38.3 Å². The van der Waals surface area contributed by atoms with Gasteiger partial charge >= 0.3 is 0 Å². The first-order valence-electron chi connectivity index (χ1n) is 7.42. The minimum Gasteiger partial charge on any atom is -0.375 e. The highest BCUT2D eigenvalue weighted by molar-refractivity contribution is 9.10. The average molecular weight is 380 g/mol. The van der Waals surface area contributed by atoms with Gasteiger partial charge in [0.05, 0.1) is 16.9 Å². The molecule has 1 fully saturated rings. The number of benzene rings is 1. The van der Waals surface area contributed by atoms with Gasteiger partial charge in [-0.3, -0.25) is 4.79 Å². The van der Waals surface area contributed by atoms with Gasteiger partial charge in [-0.2, -0.15) is 4.68 Å². The molecule has 0 radical (unpaired) electrons. The largest absolute Gasteiger partial charge is 0.375 e. The van der Waals surface area contributed by atoms with Crippen LogP contribution >= 0.6 is 15.9 Å². The Balaban J connectivity index is 1.83. The molecule has 1 aliphatic heterocycles. The maximum absolute atomic E-state index is 12.7. The topological polar surface area (TPSA) is 81.9 Å². The summed E-state index contributed by atoms with van der Waals surface area (Å²) >= 11 is 3.41. The molecule has 1 amide bonds. The number of aromatic nitrogens is 4. The van der Waals surface area contributed by atoms with Crippen LogP contribution in [0, 0.1) is 0 Å². The van der Waals surface area contributed by atoms with Crippen LogP contribution in [0.15, 0.2) is 29.0 Å². The molecule has 3 rings (SSSR count). The highest BCUT2D eigenvalue weighted by Gasteiger charge is 2.30. The van der Waals surface area contributed by atoms with Crippen molar-refractivity contribution in [1.29, 1.82) is 0 Å². The van der Waals surface area contributed by atoms with Gasteiger partial charge < -0.3 is 10.1 Å². The molecule has 0 bridgehead atoms. The van der Waals surface area contributed by atoms with Crippen molar-refractivity contribution >= 4 is 21.8 Å². The second-order valence-electron chi connectivity index (χ2n) is 6.19. The SMILES string of the molecule is CC1(C)C[C@H](NC(=O)c2cc(Br)ccc2-n2cnnn2)CCO1. The van der Waals surface area contributed by atoms with E-state index in [0.717, 1.165) is 17.3 Å². The summed E-state index contributed by atoms with van der Waals surface area (Å²) in [5, 5.41) is 14.2. The summed E-state index contributed by atoms with van der Waals surface area (Å²) in [6, 6.07) is 5.53. The van der Waals surface area contributed by atoms with Crippen molar-refractivity contribution in [3.8, 4) is 5.69 Å². The highest BCUT2D eigenvalue weighted by atomic mass is 79.9. The van der Waals surface area contributed by atoms with Gasteiger partial charge in [-0.05, 0) is 55.3 Å². The molecule has 1 aliphatic rings. The lowest BCUT2D eigenvalue weighted by Crippen LogP contribution is -2.46. The molecule has 1 atom stereocenters. The van der Waals surface area contributed by atoms with Crippen LogP contribution in [-0.2, 0) is 4.74 Å². The molecule has 2 aromatic rings. The van der Waals surface area contributed by atoms with Crippen LogP contribution < -0.4 is 5.32 Å². The lowest BCUT2D eigenvalue weighted by Gasteiger charge is -2.35. The van der Waals surface area contributed by atoms with E-state index in [2.05, 4.69) is 36.8 Å². The molecule has 23 heavy (non-hydrogen) atoms. The lowest BCUT2D eigenvalue weighted by atomic mass is 9.93. The number of rotatable bonds is 3.